The highest BCUT2D eigenvalue weighted by Gasteiger charge is 1.91. The zero-order chi connectivity index (χ0) is 9.68. The van der Waals surface area contributed by atoms with E-state index in [0.29, 0.717) is 11.3 Å². The van der Waals surface area contributed by atoms with E-state index in [1.54, 1.807) is 6.07 Å². The fraction of sp³-hybridized carbons (Fsp3) is 0.0909. The molecule has 0 saturated carbocycles. The van der Waals surface area contributed by atoms with Crippen LogP contribution in [0.3, 0.4) is 0 Å². The summed E-state index contributed by atoms with van der Waals surface area (Å²) in [5.74, 6) is 5.54. The third-order valence-corrected chi connectivity index (χ3v) is 1.53. The van der Waals surface area contributed by atoms with Crippen LogP contribution in [0.5, 0.6) is 0 Å². The van der Waals surface area contributed by atoms with Crippen molar-refractivity contribution in [3.8, 4) is 11.8 Å². The van der Waals surface area contributed by atoms with Gasteiger partial charge in [-0.15, -0.1) is 0 Å². The molecule has 3 N–H and O–H groups in total. The Kier molecular flexibility index (Phi) is 3.13. The first-order valence-electron chi connectivity index (χ1n) is 3.89. The van der Waals surface area contributed by atoms with E-state index in [1.807, 2.05) is 18.2 Å². The Bertz CT molecular complexity index is 371. The smallest absolute Gasteiger partial charge is 0.0754 e. The van der Waals surface area contributed by atoms with Gasteiger partial charge in [0, 0.05) is 16.8 Å². The quantitative estimate of drug-likeness (QED) is 0.494. The second-order valence-electron chi connectivity index (χ2n) is 2.60. The molecule has 0 aromatic heterocycles. The van der Waals surface area contributed by atoms with Gasteiger partial charge in [0.2, 0.25) is 0 Å². The van der Waals surface area contributed by atoms with Gasteiger partial charge < -0.3 is 10.8 Å². The van der Waals surface area contributed by atoms with E-state index in [2.05, 4.69) is 18.4 Å². The third kappa shape index (κ3) is 2.66. The first-order valence-corrected chi connectivity index (χ1v) is 3.89. The van der Waals surface area contributed by atoms with Crippen LogP contribution in [-0.4, -0.2) is 11.7 Å². The molecule has 0 fully saturated rings. The Hall–Kier alpha value is -1.72. The van der Waals surface area contributed by atoms with Gasteiger partial charge in [-0.1, -0.05) is 30.6 Å². The van der Waals surface area contributed by atoms with Crippen molar-refractivity contribution in [2.75, 3.05) is 12.3 Å². The van der Waals surface area contributed by atoms with Crippen LogP contribution in [0.25, 0.3) is 0 Å². The van der Waals surface area contributed by atoms with Crippen LogP contribution in [0.1, 0.15) is 5.56 Å². The molecule has 0 spiro atoms. The van der Waals surface area contributed by atoms with Crippen molar-refractivity contribution in [3.63, 3.8) is 0 Å². The molecule has 2 nitrogen and oxygen atoms in total. The highest BCUT2D eigenvalue weighted by molar-refractivity contribution is 5.56. The molecule has 2 heteroatoms. The number of aliphatic hydroxyl groups excluding tert-OH is 1. The van der Waals surface area contributed by atoms with Gasteiger partial charge in [-0.2, -0.15) is 0 Å². The van der Waals surface area contributed by atoms with Crippen molar-refractivity contribution in [2.45, 2.75) is 0 Å². The Labute approximate surface area is 77.7 Å². The minimum absolute atomic E-state index is 0.111. The molecule has 1 aromatic carbocycles. The van der Waals surface area contributed by atoms with Gasteiger partial charge >= 0.3 is 0 Å². The van der Waals surface area contributed by atoms with Crippen LogP contribution in [0.15, 0.2) is 36.4 Å². The molecule has 0 amide bonds. The van der Waals surface area contributed by atoms with Gasteiger partial charge in [-0.3, -0.25) is 0 Å². The minimum Gasteiger partial charge on any atom is -0.398 e. The number of hydrogen-bond acceptors (Lipinski definition) is 2. The Morgan fingerprint density at radius 1 is 1.46 bits per heavy atom. The molecule has 66 valence electrons. The lowest BCUT2D eigenvalue weighted by molar-refractivity contribution is 0.336. The molecule has 0 atom stereocenters. The number of para-hydroxylation sites is 1. The molecule has 0 unspecified atom stereocenters. The predicted molar refractivity (Wildman–Crippen MR) is 54.0 cm³/mol. The van der Waals surface area contributed by atoms with E-state index in [9.17, 15) is 0 Å². The van der Waals surface area contributed by atoms with Crippen LogP contribution in [-0.2, 0) is 0 Å². The summed E-state index contributed by atoms with van der Waals surface area (Å²) >= 11 is 0. The number of aliphatic hydroxyl groups is 1. The fourth-order valence-corrected chi connectivity index (χ4v) is 0.806. The molecule has 0 aliphatic heterocycles. The average Bonchev–Trinajstić information content (AvgIpc) is 2.16. The number of rotatable bonds is 1. The zero-order valence-corrected chi connectivity index (χ0v) is 7.25. The second-order valence-corrected chi connectivity index (χ2v) is 2.60. The molecule has 0 radical (unpaired) electrons. The van der Waals surface area contributed by atoms with Crippen molar-refractivity contribution in [1.29, 1.82) is 0 Å². The minimum atomic E-state index is -0.111. The van der Waals surface area contributed by atoms with E-state index in [4.69, 9.17) is 10.8 Å². The molecule has 0 bridgehead atoms. The van der Waals surface area contributed by atoms with E-state index < -0.39 is 0 Å². The summed E-state index contributed by atoms with van der Waals surface area (Å²) in [7, 11) is 0. The number of nitrogen functional groups attached to an aromatic ring is 1. The van der Waals surface area contributed by atoms with Gasteiger partial charge in [0.1, 0.15) is 0 Å². The van der Waals surface area contributed by atoms with Crippen LogP contribution < -0.4 is 5.73 Å². The summed E-state index contributed by atoms with van der Waals surface area (Å²) in [6, 6.07) is 7.32. The van der Waals surface area contributed by atoms with Gasteiger partial charge in [-0.05, 0) is 12.1 Å². The molecule has 1 rings (SSSR count). The predicted octanol–water partition coefficient (Wildman–Crippen LogP) is 1.17. The van der Waals surface area contributed by atoms with E-state index >= 15 is 0 Å². The molecular formula is C11H11NO. The van der Waals surface area contributed by atoms with Crippen molar-refractivity contribution in [2.24, 2.45) is 0 Å². The summed E-state index contributed by atoms with van der Waals surface area (Å²) in [5.41, 5.74) is 7.54. The van der Waals surface area contributed by atoms with Gasteiger partial charge in [-0.25, -0.2) is 0 Å². The van der Waals surface area contributed by atoms with Gasteiger partial charge in [0.25, 0.3) is 0 Å². The molecule has 0 aliphatic rings. The normalized spacial score (nSPS) is 8.69. The average molecular weight is 173 g/mol. The molecule has 0 saturated heterocycles. The lowest BCUT2D eigenvalue weighted by Crippen LogP contribution is -1.89. The van der Waals surface area contributed by atoms with Crippen molar-refractivity contribution >= 4 is 5.69 Å². The van der Waals surface area contributed by atoms with Crippen molar-refractivity contribution in [1.82, 2.24) is 0 Å². The largest absolute Gasteiger partial charge is 0.398 e. The number of benzene rings is 1. The van der Waals surface area contributed by atoms with Crippen LogP contribution in [0.4, 0.5) is 5.69 Å². The highest BCUT2D eigenvalue weighted by Crippen LogP contribution is 2.08. The molecule has 1 aromatic rings. The first-order chi connectivity index (χ1) is 6.24. The number of nitrogens with two attached hydrogens (primary N) is 1. The SMILES string of the molecule is C=C(C#Cc1ccccc1N)CO. The summed E-state index contributed by atoms with van der Waals surface area (Å²) in [5, 5.41) is 8.65. The summed E-state index contributed by atoms with van der Waals surface area (Å²) in [4.78, 5) is 0. The number of hydrogen-bond donors (Lipinski definition) is 2. The van der Waals surface area contributed by atoms with E-state index in [0.717, 1.165) is 5.56 Å². The summed E-state index contributed by atoms with van der Waals surface area (Å²) in [6.07, 6.45) is 0. The fourth-order valence-electron chi connectivity index (χ4n) is 0.806. The number of anilines is 1. The molecule has 0 heterocycles. The first kappa shape index (κ1) is 9.37. The highest BCUT2D eigenvalue weighted by atomic mass is 16.3. The zero-order valence-electron chi connectivity index (χ0n) is 7.25. The topological polar surface area (TPSA) is 46.2 Å². The maximum Gasteiger partial charge on any atom is 0.0754 e. The Morgan fingerprint density at radius 2 is 2.15 bits per heavy atom. The molecule has 13 heavy (non-hydrogen) atoms. The molecular weight excluding hydrogens is 162 g/mol. The standard InChI is InChI=1S/C11H11NO/c1-9(8-13)6-7-10-4-2-3-5-11(10)12/h2-5,13H,1,8,12H2. The monoisotopic (exact) mass is 173 g/mol. The van der Waals surface area contributed by atoms with E-state index in [1.165, 1.54) is 0 Å². The maximum absolute atomic E-state index is 8.65. The molecule has 0 aliphatic carbocycles. The van der Waals surface area contributed by atoms with E-state index in [-0.39, 0.29) is 6.61 Å². The Balaban J connectivity index is 2.89. The van der Waals surface area contributed by atoms with Gasteiger partial charge in [0.15, 0.2) is 0 Å². The summed E-state index contributed by atoms with van der Waals surface area (Å²) in [6.45, 7) is 3.44. The van der Waals surface area contributed by atoms with Crippen LogP contribution in [0, 0.1) is 11.8 Å². The Morgan fingerprint density at radius 3 is 2.77 bits per heavy atom. The third-order valence-electron chi connectivity index (χ3n) is 1.53. The second kappa shape index (κ2) is 4.34. The lowest BCUT2D eigenvalue weighted by Gasteiger charge is -1.95. The summed E-state index contributed by atoms with van der Waals surface area (Å²) < 4.78 is 0. The van der Waals surface area contributed by atoms with Crippen LogP contribution >= 0.6 is 0 Å². The van der Waals surface area contributed by atoms with Gasteiger partial charge in [0.05, 0.1) is 6.61 Å². The van der Waals surface area contributed by atoms with Crippen molar-refractivity contribution in [3.05, 3.63) is 42.0 Å². The van der Waals surface area contributed by atoms with Crippen molar-refractivity contribution < 1.29 is 5.11 Å². The maximum atomic E-state index is 8.65. The van der Waals surface area contributed by atoms with Crippen LogP contribution in [0.2, 0.25) is 0 Å². The lowest BCUT2D eigenvalue weighted by atomic mass is 10.2.